The van der Waals surface area contributed by atoms with Gasteiger partial charge in [-0.1, -0.05) is 34.6 Å². The van der Waals surface area contributed by atoms with Crippen molar-refractivity contribution in [2.45, 2.75) is 52.9 Å². The lowest BCUT2D eigenvalue weighted by Crippen LogP contribution is -2.07. The van der Waals surface area contributed by atoms with Crippen LogP contribution in [0.4, 0.5) is 0 Å². The molecule has 0 aliphatic rings. The summed E-state index contributed by atoms with van der Waals surface area (Å²) in [4.78, 5) is 3.11. The maximum absolute atomic E-state index is 2.39. The number of thiophene rings is 1. The highest BCUT2D eigenvalue weighted by molar-refractivity contribution is 7.12. The molecule has 13 heavy (non-hydrogen) atoms. The van der Waals surface area contributed by atoms with E-state index >= 15 is 0 Å². The Hall–Kier alpha value is -0.300. The second-order valence-electron chi connectivity index (χ2n) is 4.52. The molecule has 0 fully saturated rings. The predicted octanol–water partition coefficient (Wildman–Crippen LogP) is 4.17. The summed E-state index contributed by atoms with van der Waals surface area (Å²) in [6, 6.07) is 2.39. The molecule has 1 heteroatoms. The van der Waals surface area contributed by atoms with E-state index in [1.807, 2.05) is 11.3 Å². The molecule has 1 heterocycles. The minimum absolute atomic E-state index is 0.321. The van der Waals surface area contributed by atoms with E-state index < -0.39 is 0 Å². The van der Waals surface area contributed by atoms with Gasteiger partial charge in [-0.3, -0.25) is 0 Å². The van der Waals surface area contributed by atoms with Crippen LogP contribution in [0.15, 0.2) is 6.07 Å². The first-order chi connectivity index (χ1) is 5.99. The van der Waals surface area contributed by atoms with Crippen molar-refractivity contribution < 1.29 is 0 Å². The summed E-state index contributed by atoms with van der Waals surface area (Å²) in [5.74, 6) is 0. The van der Waals surface area contributed by atoms with Gasteiger partial charge < -0.3 is 0 Å². The Morgan fingerprint density at radius 3 is 2.08 bits per heavy atom. The zero-order valence-electron chi connectivity index (χ0n) is 9.40. The van der Waals surface area contributed by atoms with Gasteiger partial charge >= 0.3 is 0 Å². The van der Waals surface area contributed by atoms with E-state index in [0.29, 0.717) is 5.41 Å². The molecule has 0 saturated heterocycles. The fraction of sp³-hybridized carbons (Fsp3) is 0.667. The zero-order valence-corrected chi connectivity index (χ0v) is 10.2. The Balaban J connectivity index is 3.07. The van der Waals surface area contributed by atoms with Crippen LogP contribution in [0.25, 0.3) is 0 Å². The van der Waals surface area contributed by atoms with Crippen molar-refractivity contribution >= 4 is 11.3 Å². The van der Waals surface area contributed by atoms with Crippen molar-refractivity contribution in [3.05, 3.63) is 21.4 Å². The van der Waals surface area contributed by atoms with E-state index in [-0.39, 0.29) is 0 Å². The van der Waals surface area contributed by atoms with Crippen molar-refractivity contribution in [1.29, 1.82) is 0 Å². The van der Waals surface area contributed by atoms with Gasteiger partial charge in [0.1, 0.15) is 0 Å². The second kappa shape index (κ2) is 3.83. The highest BCUT2D eigenvalue weighted by atomic mass is 32.1. The van der Waals surface area contributed by atoms with Crippen LogP contribution in [0.3, 0.4) is 0 Å². The van der Waals surface area contributed by atoms with E-state index in [4.69, 9.17) is 0 Å². The smallest absolute Gasteiger partial charge is 0.0105 e. The lowest BCUT2D eigenvalue weighted by molar-refractivity contribution is 0.603. The Bertz CT molecular complexity index is 254. The average Bonchev–Trinajstić information content (AvgIpc) is 2.45. The first-order valence-electron chi connectivity index (χ1n) is 5.11. The van der Waals surface area contributed by atoms with Gasteiger partial charge in [0.25, 0.3) is 0 Å². The molecule has 1 aromatic heterocycles. The summed E-state index contributed by atoms with van der Waals surface area (Å²) >= 11 is 1.99. The van der Waals surface area contributed by atoms with E-state index in [2.05, 4.69) is 40.7 Å². The minimum atomic E-state index is 0.321. The highest BCUT2D eigenvalue weighted by Gasteiger charge is 2.17. The third-order valence-corrected chi connectivity index (χ3v) is 4.09. The van der Waals surface area contributed by atoms with Crippen LogP contribution in [0.2, 0.25) is 0 Å². The first kappa shape index (κ1) is 10.8. The van der Waals surface area contributed by atoms with Gasteiger partial charge in [0.15, 0.2) is 0 Å². The van der Waals surface area contributed by atoms with E-state index in [1.54, 1.807) is 10.4 Å². The third-order valence-electron chi connectivity index (χ3n) is 2.34. The van der Waals surface area contributed by atoms with Gasteiger partial charge in [0, 0.05) is 9.75 Å². The molecule has 1 rings (SSSR count). The van der Waals surface area contributed by atoms with Crippen LogP contribution in [0, 0.1) is 0 Å². The topological polar surface area (TPSA) is 0 Å². The Labute approximate surface area is 86.0 Å². The summed E-state index contributed by atoms with van der Waals surface area (Å²) in [6.45, 7) is 11.4. The molecule has 74 valence electrons. The first-order valence-corrected chi connectivity index (χ1v) is 5.92. The molecule has 0 aliphatic carbocycles. The summed E-state index contributed by atoms with van der Waals surface area (Å²) in [7, 11) is 0. The molecule has 0 radical (unpaired) electrons. The van der Waals surface area contributed by atoms with Crippen LogP contribution < -0.4 is 0 Å². The Morgan fingerprint density at radius 2 is 1.77 bits per heavy atom. The standard InChI is InChI=1S/C12H20S/c1-6-9-8-11(12(3,4)5)13-10(9)7-2/h8H,6-7H2,1-5H3. The minimum Gasteiger partial charge on any atom is -0.145 e. The largest absolute Gasteiger partial charge is 0.145 e. The summed E-state index contributed by atoms with van der Waals surface area (Å²) in [5, 5.41) is 0. The maximum Gasteiger partial charge on any atom is 0.0105 e. The predicted molar refractivity (Wildman–Crippen MR) is 61.8 cm³/mol. The van der Waals surface area contributed by atoms with E-state index in [9.17, 15) is 0 Å². The summed E-state index contributed by atoms with van der Waals surface area (Å²) in [6.07, 6.45) is 2.36. The third kappa shape index (κ3) is 2.34. The van der Waals surface area contributed by atoms with Gasteiger partial charge in [-0.15, -0.1) is 11.3 Å². The average molecular weight is 196 g/mol. The monoisotopic (exact) mass is 196 g/mol. The fourth-order valence-electron chi connectivity index (χ4n) is 1.43. The van der Waals surface area contributed by atoms with Crippen molar-refractivity contribution in [3.8, 4) is 0 Å². The van der Waals surface area contributed by atoms with E-state index in [1.165, 1.54) is 17.7 Å². The Morgan fingerprint density at radius 1 is 1.15 bits per heavy atom. The lowest BCUT2D eigenvalue weighted by Gasteiger charge is -2.15. The summed E-state index contributed by atoms with van der Waals surface area (Å²) < 4.78 is 0. The van der Waals surface area contributed by atoms with Gasteiger partial charge in [-0.25, -0.2) is 0 Å². The summed E-state index contributed by atoms with van der Waals surface area (Å²) in [5.41, 5.74) is 1.87. The van der Waals surface area contributed by atoms with Crippen molar-refractivity contribution in [1.82, 2.24) is 0 Å². The van der Waals surface area contributed by atoms with Crippen LogP contribution in [0.5, 0.6) is 0 Å². The Kier molecular flexibility index (Phi) is 3.18. The SMILES string of the molecule is CCc1cc(C(C)(C)C)sc1CC. The van der Waals surface area contributed by atoms with Gasteiger partial charge in [-0.05, 0) is 29.9 Å². The quantitative estimate of drug-likeness (QED) is 0.666. The molecule has 0 N–H and O–H groups in total. The van der Waals surface area contributed by atoms with E-state index in [0.717, 1.165) is 0 Å². The van der Waals surface area contributed by atoms with Crippen molar-refractivity contribution in [2.24, 2.45) is 0 Å². The second-order valence-corrected chi connectivity index (χ2v) is 5.65. The number of hydrogen-bond acceptors (Lipinski definition) is 1. The number of aryl methyl sites for hydroxylation is 2. The molecular formula is C12H20S. The molecule has 0 atom stereocenters. The normalized spacial score (nSPS) is 12.1. The van der Waals surface area contributed by atoms with Gasteiger partial charge in [-0.2, -0.15) is 0 Å². The molecule has 0 amide bonds. The van der Waals surface area contributed by atoms with Crippen LogP contribution in [-0.4, -0.2) is 0 Å². The maximum atomic E-state index is 2.39. The zero-order chi connectivity index (χ0) is 10.1. The fourth-order valence-corrected chi connectivity index (χ4v) is 2.69. The molecule has 0 aliphatic heterocycles. The molecule has 0 saturated carbocycles. The van der Waals surface area contributed by atoms with Crippen LogP contribution >= 0.6 is 11.3 Å². The van der Waals surface area contributed by atoms with Gasteiger partial charge in [0.2, 0.25) is 0 Å². The molecular weight excluding hydrogens is 176 g/mol. The number of rotatable bonds is 2. The molecule has 0 aromatic carbocycles. The molecule has 0 unspecified atom stereocenters. The van der Waals surface area contributed by atoms with Crippen molar-refractivity contribution in [3.63, 3.8) is 0 Å². The molecule has 0 spiro atoms. The molecule has 1 aromatic rings. The molecule has 0 nitrogen and oxygen atoms in total. The number of hydrogen-bond donors (Lipinski definition) is 0. The molecule has 0 bridgehead atoms. The van der Waals surface area contributed by atoms with Crippen LogP contribution in [-0.2, 0) is 18.3 Å². The lowest BCUT2D eigenvalue weighted by atomic mass is 9.94. The highest BCUT2D eigenvalue weighted by Crippen LogP contribution is 2.32. The van der Waals surface area contributed by atoms with Gasteiger partial charge in [0.05, 0.1) is 0 Å². The van der Waals surface area contributed by atoms with Crippen LogP contribution in [0.1, 0.15) is 49.9 Å². The van der Waals surface area contributed by atoms with Crippen molar-refractivity contribution in [2.75, 3.05) is 0 Å².